The summed E-state index contributed by atoms with van der Waals surface area (Å²) in [7, 11) is 1.56. The van der Waals surface area contributed by atoms with Gasteiger partial charge >= 0.3 is 0 Å². The Morgan fingerprint density at radius 2 is 2.05 bits per heavy atom. The summed E-state index contributed by atoms with van der Waals surface area (Å²) in [6.45, 7) is 0.266. The van der Waals surface area contributed by atoms with Gasteiger partial charge in [0.05, 0.1) is 10.7 Å². The molecule has 0 heterocycles. The van der Waals surface area contributed by atoms with Crippen molar-refractivity contribution >= 4 is 39.1 Å². The van der Waals surface area contributed by atoms with Crippen LogP contribution in [0.3, 0.4) is 0 Å². The maximum Gasteiger partial charge on any atom is 0.251 e. The Bertz CT molecular complexity index is 679. The molecule has 0 saturated heterocycles. The first-order valence-corrected chi connectivity index (χ1v) is 7.38. The molecule has 21 heavy (non-hydrogen) atoms. The Morgan fingerprint density at radius 1 is 1.29 bits per heavy atom. The molecular weight excluding hydrogens is 359 g/mol. The highest BCUT2D eigenvalue weighted by atomic mass is 79.9. The summed E-state index contributed by atoms with van der Waals surface area (Å²) in [5, 5.41) is 6.06. The molecule has 0 aliphatic heterocycles. The monoisotopic (exact) mass is 370 g/mol. The number of hydrogen-bond donors (Lipinski definition) is 2. The number of carbonyl (C=O) groups is 1. The zero-order valence-corrected chi connectivity index (χ0v) is 13.6. The minimum atomic E-state index is -0.302. The molecule has 1 amide bonds. The van der Waals surface area contributed by atoms with Gasteiger partial charge in [0, 0.05) is 29.2 Å². The maximum atomic E-state index is 13.7. The minimum Gasteiger partial charge on any atom is -0.380 e. The Morgan fingerprint density at radius 3 is 2.76 bits per heavy atom. The summed E-state index contributed by atoms with van der Waals surface area (Å²) in [5.74, 6) is -0.507. The van der Waals surface area contributed by atoms with Crippen LogP contribution in [-0.4, -0.2) is 13.0 Å². The lowest BCUT2D eigenvalue weighted by molar-refractivity contribution is 0.0963. The van der Waals surface area contributed by atoms with E-state index in [1.807, 2.05) is 0 Å². The van der Waals surface area contributed by atoms with Crippen LogP contribution in [0.15, 0.2) is 40.9 Å². The third kappa shape index (κ3) is 3.95. The highest BCUT2D eigenvalue weighted by Crippen LogP contribution is 2.24. The minimum absolute atomic E-state index is 0.205. The summed E-state index contributed by atoms with van der Waals surface area (Å²) in [6, 6.07) is 9.62. The van der Waals surface area contributed by atoms with Crippen LogP contribution in [0.25, 0.3) is 0 Å². The van der Waals surface area contributed by atoms with Gasteiger partial charge in [0.2, 0.25) is 0 Å². The molecule has 2 aromatic carbocycles. The highest BCUT2D eigenvalue weighted by Gasteiger charge is 2.08. The third-order valence-electron chi connectivity index (χ3n) is 2.93. The van der Waals surface area contributed by atoms with Crippen LogP contribution < -0.4 is 10.6 Å². The van der Waals surface area contributed by atoms with Crippen LogP contribution >= 0.6 is 27.5 Å². The topological polar surface area (TPSA) is 41.1 Å². The van der Waals surface area contributed by atoms with E-state index in [1.165, 1.54) is 6.07 Å². The fourth-order valence-corrected chi connectivity index (χ4v) is 2.41. The lowest BCUT2D eigenvalue weighted by Crippen LogP contribution is -2.17. The van der Waals surface area contributed by atoms with E-state index >= 15 is 0 Å². The Balaban J connectivity index is 2.19. The molecule has 2 N–H and O–H groups in total. The van der Waals surface area contributed by atoms with Gasteiger partial charge in [0.25, 0.3) is 5.91 Å². The molecule has 0 fully saturated rings. The number of anilines is 1. The number of halogens is 3. The van der Waals surface area contributed by atoms with Crippen LogP contribution in [0, 0.1) is 5.82 Å². The summed E-state index contributed by atoms with van der Waals surface area (Å²) in [5.41, 5.74) is 1.57. The van der Waals surface area contributed by atoms with Crippen molar-refractivity contribution in [2.24, 2.45) is 0 Å². The van der Waals surface area contributed by atoms with Gasteiger partial charge in [0.15, 0.2) is 0 Å². The van der Waals surface area contributed by atoms with Crippen molar-refractivity contribution in [2.75, 3.05) is 12.4 Å². The Kier molecular flexibility index (Phi) is 5.20. The van der Waals surface area contributed by atoms with E-state index in [0.29, 0.717) is 21.8 Å². The van der Waals surface area contributed by atoms with Crippen molar-refractivity contribution in [1.29, 1.82) is 0 Å². The largest absolute Gasteiger partial charge is 0.380 e. The van der Waals surface area contributed by atoms with Crippen LogP contribution in [0.5, 0.6) is 0 Å². The predicted molar refractivity (Wildman–Crippen MR) is 86.3 cm³/mol. The van der Waals surface area contributed by atoms with Gasteiger partial charge in [-0.15, -0.1) is 0 Å². The molecule has 0 aromatic heterocycles. The third-order valence-corrected chi connectivity index (χ3v) is 3.76. The summed E-state index contributed by atoms with van der Waals surface area (Å²) in [6.07, 6.45) is 0. The van der Waals surface area contributed by atoms with Crippen molar-refractivity contribution in [3.63, 3.8) is 0 Å². The van der Waals surface area contributed by atoms with Crippen molar-refractivity contribution in [3.05, 3.63) is 62.8 Å². The Hall–Kier alpha value is -1.59. The van der Waals surface area contributed by atoms with E-state index in [1.54, 1.807) is 37.4 Å². The molecule has 0 aliphatic carbocycles. The second-order valence-corrected chi connectivity index (χ2v) is 5.69. The van der Waals surface area contributed by atoms with Crippen LogP contribution in [0.1, 0.15) is 15.9 Å². The van der Waals surface area contributed by atoms with E-state index in [2.05, 4.69) is 26.6 Å². The molecule has 6 heteroatoms. The molecular formula is C15H13BrClFN2O. The smallest absolute Gasteiger partial charge is 0.251 e. The summed E-state index contributed by atoms with van der Waals surface area (Å²) < 4.78 is 14.5. The van der Waals surface area contributed by atoms with Gasteiger partial charge in [-0.25, -0.2) is 4.39 Å². The number of carbonyl (C=O) groups excluding carboxylic acids is 1. The fraction of sp³-hybridized carbons (Fsp3) is 0.133. The molecule has 0 spiro atoms. The van der Waals surface area contributed by atoms with Crippen molar-refractivity contribution in [3.8, 4) is 0 Å². The number of nitrogens with one attached hydrogen (secondary N) is 2. The van der Waals surface area contributed by atoms with Crippen molar-refractivity contribution in [2.45, 2.75) is 6.54 Å². The number of amides is 1. The average Bonchev–Trinajstić information content (AvgIpc) is 2.48. The molecule has 0 atom stereocenters. The van der Waals surface area contributed by atoms with Gasteiger partial charge in [-0.1, -0.05) is 27.5 Å². The molecule has 2 aromatic rings. The van der Waals surface area contributed by atoms with E-state index in [4.69, 9.17) is 11.6 Å². The number of hydrogen-bond acceptors (Lipinski definition) is 2. The molecule has 3 nitrogen and oxygen atoms in total. The van der Waals surface area contributed by atoms with Crippen molar-refractivity contribution < 1.29 is 9.18 Å². The first kappa shape index (κ1) is 15.8. The number of benzene rings is 2. The van der Waals surface area contributed by atoms with E-state index < -0.39 is 0 Å². The van der Waals surface area contributed by atoms with E-state index in [-0.39, 0.29) is 18.3 Å². The fourth-order valence-electron chi connectivity index (χ4n) is 1.82. The number of rotatable bonds is 4. The SMILES string of the molecule is CNC(=O)c1ccc(Cl)c(NCc2cc(Br)ccc2F)c1. The van der Waals surface area contributed by atoms with Crippen LogP contribution in [-0.2, 0) is 6.54 Å². The van der Waals surface area contributed by atoms with E-state index in [0.717, 1.165) is 4.47 Å². The first-order chi connectivity index (χ1) is 10.0. The zero-order valence-electron chi connectivity index (χ0n) is 11.2. The second kappa shape index (κ2) is 6.91. The summed E-state index contributed by atoms with van der Waals surface area (Å²) in [4.78, 5) is 11.6. The van der Waals surface area contributed by atoms with Gasteiger partial charge in [-0.3, -0.25) is 4.79 Å². The quantitative estimate of drug-likeness (QED) is 0.845. The lowest BCUT2D eigenvalue weighted by atomic mass is 10.1. The maximum absolute atomic E-state index is 13.7. The molecule has 0 bridgehead atoms. The van der Waals surface area contributed by atoms with Gasteiger partial charge in [-0.05, 0) is 36.4 Å². The van der Waals surface area contributed by atoms with Crippen LogP contribution in [0.2, 0.25) is 5.02 Å². The second-order valence-electron chi connectivity index (χ2n) is 4.36. The predicted octanol–water partition coefficient (Wildman–Crippen LogP) is 4.21. The van der Waals surface area contributed by atoms with E-state index in [9.17, 15) is 9.18 Å². The molecule has 0 unspecified atom stereocenters. The molecule has 2 rings (SSSR count). The zero-order chi connectivity index (χ0) is 15.4. The first-order valence-electron chi connectivity index (χ1n) is 6.20. The standard InChI is InChI=1S/C15H13BrClFN2O/c1-19-15(21)9-2-4-12(17)14(7-9)20-8-10-6-11(16)3-5-13(10)18/h2-7,20H,8H2,1H3,(H,19,21). The molecule has 110 valence electrons. The Labute approximate surface area is 135 Å². The highest BCUT2D eigenvalue weighted by molar-refractivity contribution is 9.10. The van der Waals surface area contributed by atoms with Gasteiger partial charge < -0.3 is 10.6 Å². The molecule has 0 aliphatic rings. The normalized spacial score (nSPS) is 10.3. The molecule has 0 saturated carbocycles. The van der Waals surface area contributed by atoms with Crippen LogP contribution in [0.4, 0.5) is 10.1 Å². The summed E-state index contributed by atoms with van der Waals surface area (Å²) >= 11 is 9.39. The molecule has 0 radical (unpaired) electrons. The van der Waals surface area contributed by atoms with Gasteiger partial charge in [-0.2, -0.15) is 0 Å². The van der Waals surface area contributed by atoms with Gasteiger partial charge in [0.1, 0.15) is 5.82 Å². The average molecular weight is 372 g/mol. The lowest BCUT2D eigenvalue weighted by Gasteiger charge is -2.11. The van der Waals surface area contributed by atoms with Crippen molar-refractivity contribution in [1.82, 2.24) is 5.32 Å².